The molecule has 1 aromatic carbocycles. The highest BCUT2D eigenvalue weighted by molar-refractivity contribution is 7.09. The molecule has 0 spiro atoms. The van der Waals surface area contributed by atoms with Crippen LogP contribution in [0.15, 0.2) is 29.6 Å². The lowest BCUT2D eigenvalue weighted by Gasteiger charge is -2.16. The zero-order chi connectivity index (χ0) is 19.6. The second kappa shape index (κ2) is 14.6. The molecule has 9 heteroatoms. The van der Waals surface area contributed by atoms with E-state index in [9.17, 15) is 9.90 Å². The number of nitrogens with zero attached hydrogens (tertiary/aromatic N) is 1. The highest BCUT2D eigenvalue weighted by Gasteiger charge is 2.13. The summed E-state index contributed by atoms with van der Waals surface area (Å²) in [7, 11) is 1.33. The van der Waals surface area contributed by atoms with Gasteiger partial charge in [0, 0.05) is 18.0 Å². The van der Waals surface area contributed by atoms with E-state index in [4.69, 9.17) is 4.74 Å². The summed E-state index contributed by atoms with van der Waals surface area (Å²) < 4.78 is 9.88. The van der Waals surface area contributed by atoms with Gasteiger partial charge in [-0.1, -0.05) is 19.1 Å². The van der Waals surface area contributed by atoms with Gasteiger partial charge in [0.2, 0.25) is 0 Å². The number of carbonyl (C=O) groups excluding carboxylic acids is 1. The molecule has 1 heterocycles. The maximum Gasteiger partial charge on any atom is 0.343 e. The van der Waals surface area contributed by atoms with Gasteiger partial charge in [0.05, 0.1) is 17.8 Å². The van der Waals surface area contributed by atoms with E-state index in [2.05, 4.69) is 28.9 Å². The minimum Gasteiger partial charge on any atom is -0.482 e. The number of thiazole rings is 1. The smallest absolute Gasteiger partial charge is 0.343 e. The molecular formula is C20H30Cl2N2O4S. The lowest BCUT2D eigenvalue weighted by molar-refractivity contribution is -0.142. The van der Waals surface area contributed by atoms with E-state index in [1.807, 2.05) is 29.6 Å². The minimum atomic E-state index is -0.594. The molecule has 2 N–H and O–H groups in total. The third-order valence-electron chi connectivity index (χ3n) is 4.08. The van der Waals surface area contributed by atoms with Gasteiger partial charge in [-0.25, -0.2) is 9.78 Å². The Labute approximate surface area is 188 Å². The quantitative estimate of drug-likeness (QED) is 0.492. The van der Waals surface area contributed by atoms with Gasteiger partial charge in [-0.05, 0) is 43.9 Å². The Morgan fingerprint density at radius 3 is 2.59 bits per heavy atom. The van der Waals surface area contributed by atoms with Crippen LogP contribution in [0.1, 0.15) is 42.6 Å². The molecule has 29 heavy (non-hydrogen) atoms. The molecule has 0 bridgehead atoms. The number of esters is 1. The second-order valence-corrected chi connectivity index (χ2v) is 7.40. The van der Waals surface area contributed by atoms with Crippen LogP contribution in [0.2, 0.25) is 0 Å². The number of aliphatic hydroxyl groups excluding tert-OH is 1. The first kappa shape index (κ1) is 27.6. The van der Waals surface area contributed by atoms with E-state index >= 15 is 0 Å². The number of halogens is 2. The zero-order valence-electron chi connectivity index (χ0n) is 16.9. The van der Waals surface area contributed by atoms with Crippen molar-refractivity contribution in [2.45, 2.75) is 45.3 Å². The van der Waals surface area contributed by atoms with E-state index in [-0.39, 0.29) is 37.5 Å². The van der Waals surface area contributed by atoms with Gasteiger partial charge in [0.15, 0.2) is 6.61 Å². The van der Waals surface area contributed by atoms with Crippen molar-refractivity contribution in [2.24, 2.45) is 0 Å². The van der Waals surface area contributed by atoms with Crippen molar-refractivity contribution in [1.29, 1.82) is 0 Å². The molecule has 2 unspecified atom stereocenters. The van der Waals surface area contributed by atoms with Crippen molar-refractivity contribution in [1.82, 2.24) is 10.3 Å². The van der Waals surface area contributed by atoms with Crippen LogP contribution in [0, 0.1) is 0 Å². The van der Waals surface area contributed by atoms with Gasteiger partial charge in [-0.15, -0.1) is 36.2 Å². The fourth-order valence-corrected chi connectivity index (χ4v) is 3.52. The molecule has 2 rings (SSSR count). The Balaban J connectivity index is 0.00000392. The average molecular weight is 465 g/mol. The molecule has 164 valence electrons. The SMILES string of the molecule is CCCc1nc(C(O)CNC(C)Cc2ccc(OCC(=O)OC)cc2)cs1.Cl.Cl. The largest absolute Gasteiger partial charge is 0.482 e. The molecular weight excluding hydrogens is 435 g/mol. The van der Waals surface area contributed by atoms with E-state index in [0.29, 0.717) is 12.3 Å². The average Bonchev–Trinajstić information content (AvgIpc) is 3.14. The van der Waals surface area contributed by atoms with E-state index in [1.165, 1.54) is 7.11 Å². The van der Waals surface area contributed by atoms with Crippen molar-refractivity contribution in [2.75, 3.05) is 20.3 Å². The van der Waals surface area contributed by atoms with E-state index in [1.54, 1.807) is 11.3 Å². The first-order valence-electron chi connectivity index (χ1n) is 9.16. The molecule has 0 aliphatic heterocycles. The molecule has 0 aliphatic carbocycles. The third-order valence-corrected chi connectivity index (χ3v) is 5.01. The predicted molar refractivity (Wildman–Crippen MR) is 121 cm³/mol. The summed E-state index contributed by atoms with van der Waals surface area (Å²) in [6.45, 7) is 4.58. The molecule has 0 aliphatic rings. The molecule has 2 aromatic rings. The summed E-state index contributed by atoms with van der Waals surface area (Å²) in [6, 6.07) is 7.82. The van der Waals surface area contributed by atoms with Gasteiger partial charge in [0.25, 0.3) is 0 Å². The van der Waals surface area contributed by atoms with Crippen LogP contribution in [0.25, 0.3) is 0 Å². The van der Waals surface area contributed by atoms with Gasteiger partial charge in [0.1, 0.15) is 11.9 Å². The molecule has 0 fully saturated rings. The van der Waals surface area contributed by atoms with Crippen LogP contribution in [0.3, 0.4) is 0 Å². The van der Waals surface area contributed by atoms with Crippen LogP contribution in [-0.4, -0.2) is 42.4 Å². The Morgan fingerprint density at radius 2 is 1.97 bits per heavy atom. The van der Waals surface area contributed by atoms with Crippen LogP contribution < -0.4 is 10.1 Å². The number of aryl methyl sites for hydroxylation is 1. The number of ether oxygens (including phenoxy) is 2. The predicted octanol–water partition coefficient (Wildman–Crippen LogP) is 3.75. The molecule has 0 amide bonds. The number of rotatable bonds is 11. The topological polar surface area (TPSA) is 80.7 Å². The van der Waals surface area contributed by atoms with Gasteiger partial charge in [-0.3, -0.25) is 0 Å². The van der Waals surface area contributed by atoms with Crippen LogP contribution in [-0.2, 0) is 22.4 Å². The maximum absolute atomic E-state index is 11.1. The number of hydrogen-bond donors (Lipinski definition) is 2. The molecule has 0 radical (unpaired) electrons. The second-order valence-electron chi connectivity index (χ2n) is 6.45. The number of nitrogens with one attached hydrogen (secondary N) is 1. The standard InChI is InChI=1S/C20H28N2O4S.2ClH/c1-4-5-19-22-17(13-27-19)18(23)11-21-14(2)10-15-6-8-16(9-7-15)26-12-20(24)25-3;;/h6-9,13-14,18,21,23H,4-5,10-12H2,1-3H3;2*1H. The highest BCUT2D eigenvalue weighted by Crippen LogP contribution is 2.18. The number of methoxy groups -OCH3 is 1. The van der Waals surface area contributed by atoms with Crippen molar-refractivity contribution < 1.29 is 19.4 Å². The summed E-state index contributed by atoms with van der Waals surface area (Å²) in [5, 5.41) is 16.7. The minimum absolute atomic E-state index is 0. The summed E-state index contributed by atoms with van der Waals surface area (Å²) in [5.74, 6) is 0.226. The fraction of sp³-hybridized carbons (Fsp3) is 0.500. The Kier molecular flexibility index (Phi) is 13.9. The molecule has 0 saturated carbocycles. The molecule has 0 saturated heterocycles. The Morgan fingerprint density at radius 1 is 1.28 bits per heavy atom. The zero-order valence-corrected chi connectivity index (χ0v) is 19.4. The van der Waals surface area contributed by atoms with Crippen LogP contribution >= 0.6 is 36.2 Å². The first-order chi connectivity index (χ1) is 13.0. The van der Waals surface area contributed by atoms with Gasteiger partial charge in [-0.2, -0.15) is 0 Å². The first-order valence-corrected chi connectivity index (χ1v) is 10.0. The number of carbonyl (C=O) groups is 1. The van der Waals surface area contributed by atoms with Crippen molar-refractivity contribution >= 4 is 42.1 Å². The summed E-state index contributed by atoms with van der Waals surface area (Å²) >= 11 is 1.61. The number of hydrogen-bond acceptors (Lipinski definition) is 7. The Hall–Kier alpha value is -1.38. The molecule has 1 aromatic heterocycles. The summed E-state index contributed by atoms with van der Waals surface area (Å²) in [5.41, 5.74) is 1.89. The monoisotopic (exact) mass is 464 g/mol. The van der Waals surface area contributed by atoms with Crippen molar-refractivity contribution in [3.63, 3.8) is 0 Å². The molecule has 2 atom stereocenters. The van der Waals surface area contributed by atoms with Gasteiger partial charge >= 0.3 is 5.97 Å². The Bertz CT molecular complexity index is 713. The maximum atomic E-state index is 11.1. The van der Waals surface area contributed by atoms with Crippen molar-refractivity contribution in [3.05, 3.63) is 45.9 Å². The van der Waals surface area contributed by atoms with E-state index < -0.39 is 12.1 Å². The molecule has 6 nitrogen and oxygen atoms in total. The normalized spacial score (nSPS) is 12.3. The number of benzene rings is 1. The van der Waals surface area contributed by atoms with Crippen LogP contribution in [0.4, 0.5) is 0 Å². The van der Waals surface area contributed by atoms with Gasteiger partial charge < -0.3 is 19.9 Å². The number of aliphatic hydroxyl groups is 1. The van der Waals surface area contributed by atoms with Crippen molar-refractivity contribution in [3.8, 4) is 5.75 Å². The summed E-state index contributed by atoms with van der Waals surface area (Å²) in [4.78, 5) is 15.6. The lowest BCUT2D eigenvalue weighted by atomic mass is 10.1. The summed E-state index contributed by atoms with van der Waals surface area (Å²) in [6.07, 6.45) is 2.25. The fourth-order valence-electron chi connectivity index (χ4n) is 2.57. The van der Waals surface area contributed by atoms with E-state index in [0.717, 1.165) is 35.5 Å². The third kappa shape index (κ3) is 9.78. The highest BCUT2D eigenvalue weighted by atomic mass is 35.5. The number of aromatic nitrogens is 1. The van der Waals surface area contributed by atoms with Crippen LogP contribution in [0.5, 0.6) is 5.75 Å². The lowest BCUT2D eigenvalue weighted by Crippen LogP contribution is -2.32.